The first-order valence-electron chi connectivity index (χ1n) is 3.08. The van der Waals surface area contributed by atoms with Crippen molar-refractivity contribution < 1.29 is 4.39 Å². The molecule has 0 amide bonds. The van der Waals surface area contributed by atoms with Gasteiger partial charge in [0.05, 0.1) is 5.54 Å². The first-order valence-corrected chi connectivity index (χ1v) is 3.08. The van der Waals surface area contributed by atoms with Gasteiger partial charge >= 0.3 is 0 Å². The molecule has 0 unspecified atom stereocenters. The Morgan fingerprint density at radius 3 is 2.30 bits per heavy atom. The Labute approximate surface area is 58.9 Å². The highest BCUT2D eigenvalue weighted by Gasteiger charge is 2.17. The fourth-order valence-electron chi connectivity index (χ4n) is 0.677. The van der Waals surface area contributed by atoms with Crippen molar-refractivity contribution in [3.8, 4) is 0 Å². The lowest BCUT2D eigenvalue weighted by Gasteiger charge is -2.17. The average molecular weight is 143 g/mol. The van der Waals surface area contributed by atoms with Crippen LogP contribution in [0.25, 0.3) is 0 Å². The van der Waals surface area contributed by atoms with E-state index in [1.165, 1.54) is 4.68 Å². The first-order chi connectivity index (χ1) is 4.52. The number of hydrogen-bond donors (Lipinski definition) is 0. The minimum atomic E-state index is -0.396. The molecule has 0 spiro atoms. The van der Waals surface area contributed by atoms with Crippen molar-refractivity contribution in [1.82, 2.24) is 15.0 Å². The topological polar surface area (TPSA) is 30.7 Å². The van der Waals surface area contributed by atoms with Crippen LogP contribution in [-0.4, -0.2) is 15.0 Å². The molecule has 0 radical (unpaired) electrons. The molecule has 0 saturated heterocycles. The Balaban J connectivity index is 3.05. The molecule has 0 aliphatic rings. The first kappa shape index (κ1) is 7.18. The molecule has 1 heterocycles. The van der Waals surface area contributed by atoms with Crippen molar-refractivity contribution in [2.24, 2.45) is 0 Å². The zero-order chi connectivity index (χ0) is 7.78. The molecule has 10 heavy (non-hydrogen) atoms. The van der Waals surface area contributed by atoms with Gasteiger partial charge in [-0.1, -0.05) is 5.21 Å². The molecule has 1 rings (SSSR count). The summed E-state index contributed by atoms with van der Waals surface area (Å²) in [5.74, 6) is -0.396. The van der Waals surface area contributed by atoms with E-state index in [1.54, 1.807) is 0 Å². The van der Waals surface area contributed by atoms with Gasteiger partial charge in [0.15, 0.2) is 0 Å². The predicted octanol–water partition coefficient (Wildman–Crippen LogP) is 1.17. The van der Waals surface area contributed by atoms with E-state index in [9.17, 15) is 4.39 Å². The van der Waals surface area contributed by atoms with Crippen LogP contribution in [0.5, 0.6) is 0 Å². The third-order valence-corrected chi connectivity index (χ3v) is 1.14. The van der Waals surface area contributed by atoms with Gasteiger partial charge in [0, 0.05) is 0 Å². The molecule has 3 nitrogen and oxygen atoms in total. The molecule has 0 saturated carbocycles. The minimum absolute atomic E-state index is 0.319. The summed E-state index contributed by atoms with van der Waals surface area (Å²) >= 11 is 0. The predicted molar refractivity (Wildman–Crippen MR) is 35.0 cm³/mol. The number of halogens is 1. The summed E-state index contributed by atoms with van der Waals surface area (Å²) in [4.78, 5) is 0. The highest BCUT2D eigenvalue weighted by atomic mass is 19.1. The van der Waals surface area contributed by atoms with E-state index in [4.69, 9.17) is 0 Å². The van der Waals surface area contributed by atoms with Gasteiger partial charge in [0.2, 0.25) is 5.95 Å². The number of nitrogens with zero attached hydrogens (tertiary/aromatic N) is 3. The second-order valence-electron chi connectivity index (χ2n) is 3.14. The fourth-order valence-corrected chi connectivity index (χ4v) is 0.677. The summed E-state index contributed by atoms with van der Waals surface area (Å²) in [6.07, 6.45) is 1.10. The summed E-state index contributed by atoms with van der Waals surface area (Å²) in [6, 6.07) is 0. The number of aromatic nitrogens is 3. The Morgan fingerprint density at radius 2 is 2.10 bits per heavy atom. The largest absolute Gasteiger partial charge is 0.232 e. The van der Waals surface area contributed by atoms with Crippen molar-refractivity contribution in [1.29, 1.82) is 0 Å². The van der Waals surface area contributed by atoms with E-state index < -0.39 is 5.95 Å². The van der Waals surface area contributed by atoms with Crippen LogP contribution in [0.15, 0.2) is 6.20 Å². The summed E-state index contributed by atoms with van der Waals surface area (Å²) in [5, 5.41) is 7.00. The van der Waals surface area contributed by atoms with Crippen LogP contribution in [0.4, 0.5) is 4.39 Å². The Bertz CT molecular complexity index is 223. The molecule has 0 atom stereocenters. The van der Waals surface area contributed by atoms with E-state index in [1.807, 2.05) is 20.8 Å². The smallest absolute Gasteiger partial charge is 0.214 e. The highest BCUT2D eigenvalue weighted by Crippen LogP contribution is 2.12. The molecule has 56 valence electrons. The van der Waals surface area contributed by atoms with Gasteiger partial charge in [0.1, 0.15) is 6.20 Å². The van der Waals surface area contributed by atoms with Crippen LogP contribution in [0.1, 0.15) is 20.8 Å². The van der Waals surface area contributed by atoms with Crippen LogP contribution in [0.3, 0.4) is 0 Å². The number of rotatable bonds is 0. The van der Waals surface area contributed by atoms with Crippen LogP contribution < -0.4 is 0 Å². The lowest BCUT2D eigenvalue weighted by Crippen LogP contribution is -2.24. The van der Waals surface area contributed by atoms with Gasteiger partial charge in [-0.25, -0.2) is 4.68 Å². The second-order valence-corrected chi connectivity index (χ2v) is 3.14. The Morgan fingerprint density at radius 1 is 1.50 bits per heavy atom. The minimum Gasteiger partial charge on any atom is -0.214 e. The zero-order valence-corrected chi connectivity index (χ0v) is 6.30. The standard InChI is InChI=1S/C6H10FN3/c1-6(2,3)10-5(7)4-8-9-10/h4H,1-3H3. The molecule has 0 aliphatic carbocycles. The quantitative estimate of drug-likeness (QED) is 0.545. The van der Waals surface area contributed by atoms with Gasteiger partial charge in [0.25, 0.3) is 0 Å². The van der Waals surface area contributed by atoms with E-state index in [0.29, 0.717) is 0 Å². The summed E-state index contributed by atoms with van der Waals surface area (Å²) in [6.45, 7) is 5.60. The normalized spacial score (nSPS) is 12.0. The van der Waals surface area contributed by atoms with Crippen LogP contribution in [0.2, 0.25) is 0 Å². The summed E-state index contributed by atoms with van der Waals surface area (Å²) < 4.78 is 13.9. The third kappa shape index (κ3) is 1.15. The molecule has 0 fully saturated rings. The maximum atomic E-state index is 12.7. The Kier molecular flexibility index (Phi) is 1.46. The maximum Gasteiger partial charge on any atom is 0.232 e. The van der Waals surface area contributed by atoms with E-state index >= 15 is 0 Å². The van der Waals surface area contributed by atoms with Crippen molar-refractivity contribution in [2.75, 3.05) is 0 Å². The van der Waals surface area contributed by atoms with Crippen LogP contribution in [0, 0.1) is 5.95 Å². The molecule has 1 aromatic rings. The van der Waals surface area contributed by atoms with Crippen molar-refractivity contribution >= 4 is 0 Å². The SMILES string of the molecule is CC(C)(C)n1nncc1F. The lowest BCUT2D eigenvalue weighted by molar-refractivity contribution is 0.294. The third-order valence-electron chi connectivity index (χ3n) is 1.14. The molecule has 0 aliphatic heterocycles. The molecular weight excluding hydrogens is 133 g/mol. The number of hydrogen-bond acceptors (Lipinski definition) is 2. The van der Waals surface area contributed by atoms with Gasteiger partial charge in [-0.15, -0.1) is 5.10 Å². The van der Waals surface area contributed by atoms with Crippen LogP contribution >= 0.6 is 0 Å². The van der Waals surface area contributed by atoms with E-state index in [0.717, 1.165) is 6.20 Å². The summed E-state index contributed by atoms with van der Waals surface area (Å²) in [7, 11) is 0. The van der Waals surface area contributed by atoms with Crippen LogP contribution in [-0.2, 0) is 5.54 Å². The van der Waals surface area contributed by atoms with Gasteiger partial charge in [-0.3, -0.25) is 0 Å². The lowest BCUT2D eigenvalue weighted by atomic mass is 10.1. The summed E-state index contributed by atoms with van der Waals surface area (Å²) in [5.41, 5.74) is -0.319. The van der Waals surface area contributed by atoms with Crippen molar-refractivity contribution in [3.63, 3.8) is 0 Å². The van der Waals surface area contributed by atoms with Crippen molar-refractivity contribution in [2.45, 2.75) is 26.3 Å². The fraction of sp³-hybridized carbons (Fsp3) is 0.667. The van der Waals surface area contributed by atoms with Gasteiger partial charge in [-0.2, -0.15) is 4.39 Å². The molecular formula is C6H10FN3. The second kappa shape index (κ2) is 2.04. The van der Waals surface area contributed by atoms with Gasteiger partial charge < -0.3 is 0 Å². The van der Waals surface area contributed by atoms with E-state index in [-0.39, 0.29) is 5.54 Å². The monoisotopic (exact) mass is 143 g/mol. The zero-order valence-electron chi connectivity index (χ0n) is 6.30. The van der Waals surface area contributed by atoms with E-state index in [2.05, 4.69) is 10.3 Å². The molecule has 0 N–H and O–H groups in total. The molecule has 0 bridgehead atoms. The molecule has 4 heteroatoms. The maximum absolute atomic E-state index is 12.7. The van der Waals surface area contributed by atoms with Gasteiger partial charge in [-0.05, 0) is 20.8 Å². The van der Waals surface area contributed by atoms with Crippen molar-refractivity contribution in [3.05, 3.63) is 12.1 Å². The molecule has 1 aromatic heterocycles. The molecule has 0 aromatic carbocycles. The Hall–Kier alpha value is -0.930. The average Bonchev–Trinajstić information content (AvgIpc) is 2.11. The highest BCUT2D eigenvalue weighted by molar-refractivity contribution is 4.79.